The van der Waals surface area contributed by atoms with Crippen LogP contribution in [0.4, 0.5) is 0 Å². The first-order chi connectivity index (χ1) is 50.3. The molecule has 0 saturated carbocycles. The van der Waals surface area contributed by atoms with Crippen molar-refractivity contribution in [3.63, 3.8) is 0 Å². The highest BCUT2D eigenvalue weighted by Gasteiger charge is 2.43. The van der Waals surface area contributed by atoms with Crippen LogP contribution in [0.15, 0.2) is 188 Å². The third-order valence-electron chi connectivity index (χ3n) is 18.5. The Morgan fingerprint density at radius 2 is 1.00 bits per heavy atom. The summed E-state index contributed by atoms with van der Waals surface area (Å²) in [5, 5.41) is 27.2. The predicted molar refractivity (Wildman–Crippen MR) is 408 cm³/mol. The van der Waals surface area contributed by atoms with Gasteiger partial charge in [0, 0.05) is 32.2 Å². The maximum Gasteiger partial charge on any atom is 0.329 e. The number of carboxylic acid groups (broad SMARTS) is 1. The van der Waals surface area contributed by atoms with Crippen LogP contribution >= 0.6 is 0 Å². The van der Waals surface area contributed by atoms with Crippen molar-refractivity contribution in [2.24, 2.45) is 29.4 Å². The first kappa shape index (κ1) is 84.9. The van der Waals surface area contributed by atoms with Gasteiger partial charge in [0.15, 0.2) is 6.29 Å². The fraction of sp³-hybridized carbons (Fsp3) is 0.440. The number of nitrogens with two attached hydrogens (primary N) is 1. The van der Waals surface area contributed by atoms with Crippen LogP contribution in [0.1, 0.15) is 155 Å². The number of hydrogen-bond acceptors (Lipinski definition) is 14. The van der Waals surface area contributed by atoms with Crippen molar-refractivity contribution in [1.29, 1.82) is 0 Å². The molecule has 10 atom stereocenters. The molecule has 9 N–H and O–H groups in total. The fourth-order valence-corrected chi connectivity index (χ4v) is 12.0. The number of benzene rings is 6. The van der Waals surface area contributed by atoms with E-state index in [4.69, 9.17) is 24.7 Å². The number of rotatable bonds is 41. The number of esters is 1. The molecule has 6 aromatic carbocycles. The zero-order valence-corrected chi connectivity index (χ0v) is 63.6. The number of nitrogens with one attached hydrogen (secondary N) is 6. The van der Waals surface area contributed by atoms with Crippen molar-refractivity contribution < 1.29 is 67.2 Å². The van der Waals surface area contributed by atoms with Crippen molar-refractivity contribution >= 4 is 53.3 Å². The van der Waals surface area contributed by atoms with Gasteiger partial charge in [0.05, 0.1) is 19.3 Å². The molecular weight excluding hydrogens is 1340 g/mol. The Hall–Kier alpha value is -10.0. The van der Waals surface area contributed by atoms with Crippen molar-refractivity contribution in [3.8, 4) is 5.75 Å². The molecule has 0 aliphatic heterocycles. The lowest BCUT2D eigenvalue weighted by atomic mass is 9.77. The number of amides is 7. The lowest BCUT2D eigenvalue weighted by molar-refractivity contribution is -0.161. The Bertz CT molecular complexity index is 3680. The van der Waals surface area contributed by atoms with Gasteiger partial charge in [-0.3, -0.25) is 33.6 Å². The number of carbonyl (C=O) groups excluding carboxylic acids is 8. The molecule has 0 aliphatic rings. The summed E-state index contributed by atoms with van der Waals surface area (Å²) >= 11 is 0. The van der Waals surface area contributed by atoms with E-state index in [9.17, 15) is 29.1 Å². The number of carboxylic acids is 1. The topological polar surface area (TPSA) is 312 Å². The van der Waals surface area contributed by atoms with Crippen LogP contribution in [-0.2, 0) is 82.5 Å². The first-order valence-electron chi connectivity index (χ1n) is 36.6. The second-order valence-corrected chi connectivity index (χ2v) is 29.0. The van der Waals surface area contributed by atoms with E-state index < -0.39 is 143 Å². The highest BCUT2D eigenvalue weighted by atomic mass is 16.7. The zero-order valence-electron chi connectivity index (χ0n) is 63.6. The zero-order chi connectivity index (χ0) is 77.8. The van der Waals surface area contributed by atoms with Crippen molar-refractivity contribution in [2.75, 3.05) is 7.05 Å². The Balaban J connectivity index is 1.30. The highest BCUT2D eigenvalue weighted by Crippen LogP contribution is 2.37. The van der Waals surface area contributed by atoms with Crippen LogP contribution in [-0.4, -0.2) is 131 Å². The quantitative estimate of drug-likeness (QED) is 0.00766. The van der Waals surface area contributed by atoms with Crippen molar-refractivity contribution in [2.45, 2.75) is 207 Å². The lowest BCUT2D eigenvalue weighted by Crippen LogP contribution is -2.61. The third kappa shape index (κ3) is 25.4. The summed E-state index contributed by atoms with van der Waals surface area (Å²) in [6.07, 6.45) is -2.08. The molecule has 22 nitrogen and oxygen atoms in total. The standard InChI is InChI=1S/C84H110N8O14/c1-15-55(7)72(88-76(95)66(85)46-47-70(103-51-60-32-22-17-23-33-60)104-52-61-34-24-18-25-35-61)80(99)92(14)68(50-59-42-44-65(45-43-59)106-83(11,12)13)77(96)89-73(56(8)16-2)82(102)105-58(10)74(79(98)86-67(81(100)101)48-53(3)4)90-78(97)71(87-75(94)54(5)6)57(9)49-69(93)91-84(62-36-26-19-27-37-62,63-38-28-20-29-39-63)64-40-30-21-31-41-64/h17-45,53-56,58,66-68,70-74H,9,15-16,46-52,85H2,1-8,10-14H3,(H,86,98)(H,87,94)(H,88,95)(H,89,96)(H,90,97)(H,91,93)(H,100,101). The monoisotopic (exact) mass is 1450 g/mol. The number of ether oxygens (including phenoxy) is 4. The predicted octanol–water partition coefficient (Wildman–Crippen LogP) is 10.4. The van der Waals surface area contributed by atoms with Crippen LogP contribution in [0.3, 0.4) is 0 Å². The molecule has 6 aromatic rings. The average molecular weight is 1460 g/mol. The minimum atomic E-state index is -1.90. The molecule has 6 rings (SSSR count). The molecule has 0 aromatic heterocycles. The Kier molecular flexibility index (Phi) is 32.9. The number of likely N-dealkylation sites (N-methyl/N-ethyl adjacent to an activating group) is 1. The van der Waals surface area contributed by atoms with Crippen LogP contribution in [0.25, 0.3) is 0 Å². The maximum absolute atomic E-state index is 15.4. The number of hydrogen-bond donors (Lipinski definition) is 8. The molecule has 0 aliphatic carbocycles. The molecule has 0 saturated heterocycles. The molecule has 106 heavy (non-hydrogen) atoms. The summed E-state index contributed by atoms with van der Waals surface area (Å²) in [6, 6.07) is 43.8. The highest BCUT2D eigenvalue weighted by molar-refractivity contribution is 5.97. The smallest absolute Gasteiger partial charge is 0.329 e. The fourth-order valence-electron chi connectivity index (χ4n) is 12.0. The SMILES string of the molecule is C=C(CC(=O)NC(c1ccccc1)(c1ccccc1)c1ccccc1)C(NC(=O)C(C)C)C(=O)NC(C(=O)NC(CC(C)C)C(=O)O)C(C)OC(=O)C(NC(=O)C(Cc1ccc(OC(C)(C)C)cc1)N(C)C(=O)C(NC(=O)C(N)CCC(OCc1ccccc1)OCc1ccccc1)C(C)CC)C(C)CC. The Morgan fingerprint density at radius 1 is 0.538 bits per heavy atom. The average Bonchev–Trinajstić information content (AvgIpc) is 0.753. The van der Waals surface area contributed by atoms with Gasteiger partial charge in [-0.1, -0.05) is 239 Å². The van der Waals surface area contributed by atoms with Crippen LogP contribution in [0.2, 0.25) is 0 Å². The van der Waals surface area contributed by atoms with Gasteiger partial charge >= 0.3 is 11.9 Å². The molecule has 0 fully saturated rings. The minimum absolute atomic E-state index is 0.0453. The van der Waals surface area contributed by atoms with Gasteiger partial charge in [-0.25, -0.2) is 9.59 Å². The van der Waals surface area contributed by atoms with Gasteiger partial charge in [-0.2, -0.15) is 0 Å². The van der Waals surface area contributed by atoms with Gasteiger partial charge < -0.3 is 66.6 Å². The van der Waals surface area contributed by atoms with Crippen LogP contribution < -0.4 is 42.4 Å². The van der Waals surface area contributed by atoms with E-state index in [0.29, 0.717) is 34.4 Å². The van der Waals surface area contributed by atoms with E-state index in [1.807, 2.05) is 179 Å². The van der Waals surface area contributed by atoms with Crippen LogP contribution in [0.5, 0.6) is 5.75 Å². The normalized spacial score (nSPS) is 14.5. The lowest BCUT2D eigenvalue weighted by Gasteiger charge is -2.37. The van der Waals surface area contributed by atoms with E-state index in [0.717, 1.165) is 11.1 Å². The summed E-state index contributed by atoms with van der Waals surface area (Å²) in [5.41, 5.74) is 9.25. The molecule has 570 valence electrons. The molecular formula is C84H110N8O14. The summed E-state index contributed by atoms with van der Waals surface area (Å²) in [6.45, 7) is 25.4. The van der Waals surface area contributed by atoms with Gasteiger partial charge in [-0.05, 0) is 109 Å². The Labute approximate surface area is 625 Å². The minimum Gasteiger partial charge on any atom is -0.488 e. The van der Waals surface area contributed by atoms with Crippen LogP contribution in [0, 0.1) is 23.7 Å². The molecule has 10 unspecified atom stereocenters. The van der Waals surface area contributed by atoms with Crippen molar-refractivity contribution in [3.05, 3.63) is 221 Å². The van der Waals surface area contributed by atoms with Gasteiger partial charge in [0.2, 0.25) is 41.4 Å². The largest absolute Gasteiger partial charge is 0.488 e. The van der Waals surface area contributed by atoms with E-state index in [1.165, 1.54) is 18.9 Å². The van der Waals surface area contributed by atoms with E-state index in [-0.39, 0.29) is 56.8 Å². The molecule has 0 radical (unpaired) electrons. The second kappa shape index (κ2) is 41.0. The Morgan fingerprint density at radius 3 is 1.45 bits per heavy atom. The number of carbonyl (C=O) groups is 9. The number of aliphatic carboxylic acids is 1. The summed E-state index contributed by atoms with van der Waals surface area (Å²) in [5.74, 6) is -9.51. The van der Waals surface area contributed by atoms with Gasteiger partial charge in [0.1, 0.15) is 59.2 Å². The summed E-state index contributed by atoms with van der Waals surface area (Å²) in [4.78, 5) is 132. The molecule has 7 amide bonds. The number of nitrogens with zero attached hydrogens (tertiary/aromatic N) is 1. The molecule has 22 heteroatoms. The molecule has 0 heterocycles. The maximum atomic E-state index is 15.4. The second-order valence-electron chi connectivity index (χ2n) is 29.0. The van der Waals surface area contributed by atoms with E-state index >= 15 is 19.2 Å². The third-order valence-corrected chi connectivity index (χ3v) is 18.5. The van der Waals surface area contributed by atoms with E-state index in [1.54, 1.807) is 72.7 Å². The van der Waals surface area contributed by atoms with Crippen molar-refractivity contribution in [1.82, 2.24) is 36.8 Å². The van der Waals surface area contributed by atoms with E-state index in [2.05, 4.69) is 38.5 Å². The first-order valence-corrected chi connectivity index (χ1v) is 36.6. The molecule has 0 bridgehead atoms. The summed E-state index contributed by atoms with van der Waals surface area (Å²) < 4.78 is 24.7. The van der Waals surface area contributed by atoms with Gasteiger partial charge in [-0.15, -0.1) is 0 Å². The summed E-state index contributed by atoms with van der Waals surface area (Å²) in [7, 11) is 1.43. The molecule has 0 spiro atoms. The van der Waals surface area contributed by atoms with Gasteiger partial charge in [0.25, 0.3) is 0 Å².